The van der Waals surface area contributed by atoms with Crippen molar-refractivity contribution in [1.29, 1.82) is 0 Å². The van der Waals surface area contributed by atoms with E-state index in [1.165, 1.54) is 12.0 Å². The zero-order chi connectivity index (χ0) is 17.7. The summed E-state index contributed by atoms with van der Waals surface area (Å²) in [5.41, 5.74) is 1.09. The molecule has 1 saturated heterocycles. The number of esters is 1. The lowest BCUT2D eigenvalue weighted by atomic mass is 10.1. The van der Waals surface area contributed by atoms with Crippen molar-refractivity contribution in [2.75, 3.05) is 20.2 Å². The molecule has 1 aliphatic rings. The molecule has 7 nitrogen and oxygen atoms in total. The molecule has 1 aromatic rings. The Bertz CT molecular complexity index is 614. The number of methoxy groups -OCH3 is 1. The highest BCUT2D eigenvalue weighted by Gasteiger charge is 2.37. The van der Waals surface area contributed by atoms with Crippen molar-refractivity contribution in [2.24, 2.45) is 0 Å². The van der Waals surface area contributed by atoms with Crippen LogP contribution in [0.2, 0.25) is 0 Å². The van der Waals surface area contributed by atoms with Crippen LogP contribution in [-0.4, -0.2) is 55.0 Å². The molecule has 0 bridgehead atoms. The number of hydrogen-bond acceptors (Lipinski definition) is 5. The quantitative estimate of drug-likeness (QED) is 0.799. The number of carbonyl (C=O) groups is 3. The van der Waals surface area contributed by atoms with Gasteiger partial charge in [0.1, 0.15) is 11.8 Å². The van der Waals surface area contributed by atoms with Gasteiger partial charge in [0.2, 0.25) is 5.91 Å². The summed E-state index contributed by atoms with van der Waals surface area (Å²) in [4.78, 5) is 37.6. The molecule has 1 fully saturated rings. The van der Waals surface area contributed by atoms with Gasteiger partial charge in [0.05, 0.1) is 13.5 Å². The van der Waals surface area contributed by atoms with Gasteiger partial charge in [-0.2, -0.15) is 0 Å². The van der Waals surface area contributed by atoms with E-state index < -0.39 is 18.1 Å². The number of amides is 2. The van der Waals surface area contributed by atoms with E-state index in [2.05, 4.69) is 10.1 Å². The molecule has 1 aliphatic heterocycles. The predicted molar refractivity (Wildman–Crippen MR) is 86.4 cm³/mol. The third-order valence-corrected chi connectivity index (χ3v) is 3.88. The Kier molecular flexibility index (Phi) is 5.78. The molecule has 0 spiro atoms. The van der Waals surface area contributed by atoms with Crippen LogP contribution in [0.15, 0.2) is 24.3 Å². The van der Waals surface area contributed by atoms with E-state index in [1.807, 2.05) is 19.1 Å². The van der Waals surface area contributed by atoms with Crippen LogP contribution < -0.4 is 10.1 Å². The number of nitrogens with one attached hydrogen (secondary N) is 1. The third kappa shape index (κ3) is 4.24. The van der Waals surface area contributed by atoms with E-state index in [0.717, 1.165) is 5.56 Å². The van der Waals surface area contributed by atoms with Crippen LogP contribution in [0.1, 0.15) is 18.9 Å². The van der Waals surface area contributed by atoms with Crippen LogP contribution in [0.3, 0.4) is 0 Å². The first kappa shape index (κ1) is 17.8. The predicted octanol–water partition coefficient (Wildman–Crippen LogP) is 0.652. The van der Waals surface area contributed by atoms with Crippen molar-refractivity contribution < 1.29 is 23.9 Å². The Morgan fingerprint density at radius 2 is 2.00 bits per heavy atom. The van der Waals surface area contributed by atoms with E-state index in [-0.39, 0.29) is 18.2 Å². The van der Waals surface area contributed by atoms with E-state index in [4.69, 9.17) is 4.74 Å². The summed E-state index contributed by atoms with van der Waals surface area (Å²) < 4.78 is 10.3. The maximum Gasteiger partial charge on any atom is 0.308 e. The first-order valence-corrected chi connectivity index (χ1v) is 7.80. The molecule has 1 aromatic carbocycles. The average molecular weight is 334 g/mol. The fourth-order valence-corrected chi connectivity index (χ4v) is 2.53. The van der Waals surface area contributed by atoms with Gasteiger partial charge in [-0.05, 0) is 26.0 Å². The Morgan fingerprint density at radius 1 is 1.33 bits per heavy atom. The number of ether oxygens (including phenoxy) is 2. The number of benzene rings is 1. The molecule has 0 aliphatic carbocycles. The highest BCUT2D eigenvalue weighted by Crippen LogP contribution is 2.17. The lowest BCUT2D eigenvalue weighted by Gasteiger charge is -2.35. The summed E-state index contributed by atoms with van der Waals surface area (Å²) in [6.45, 7) is 4.26. The van der Waals surface area contributed by atoms with Crippen LogP contribution in [0, 0.1) is 6.92 Å². The van der Waals surface area contributed by atoms with Crippen LogP contribution >= 0.6 is 0 Å². The number of nitrogens with zero attached hydrogens (tertiary/aromatic N) is 1. The van der Waals surface area contributed by atoms with Crippen molar-refractivity contribution in [1.82, 2.24) is 10.2 Å². The van der Waals surface area contributed by atoms with Gasteiger partial charge in [-0.1, -0.05) is 17.7 Å². The van der Waals surface area contributed by atoms with Crippen LogP contribution in [0.5, 0.6) is 5.75 Å². The standard InChI is InChI=1S/C17H22N2O5/c1-11-4-6-13(7-5-11)24-12(2)17(22)19-9-8-18-16(21)14(19)10-15(20)23-3/h4-7,12,14H,8-10H2,1-3H3,(H,18,21)/t12-,14-/m1/s1. The molecule has 130 valence electrons. The van der Waals surface area contributed by atoms with Gasteiger partial charge < -0.3 is 19.7 Å². The normalized spacial score (nSPS) is 18.5. The summed E-state index contributed by atoms with van der Waals surface area (Å²) in [5.74, 6) is -0.656. The van der Waals surface area contributed by atoms with E-state index in [0.29, 0.717) is 18.8 Å². The molecule has 0 radical (unpaired) electrons. The van der Waals surface area contributed by atoms with Gasteiger partial charge in [0.15, 0.2) is 6.10 Å². The molecule has 7 heteroatoms. The minimum Gasteiger partial charge on any atom is -0.481 e. The summed E-state index contributed by atoms with van der Waals surface area (Å²) in [6, 6.07) is 6.48. The Hall–Kier alpha value is -2.57. The molecule has 2 atom stereocenters. The molecule has 0 saturated carbocycles. The van der Waals surface area contributed by atoms with Gasteiger partial charge >= 0.3 is 5.97 Å². The van der Waals surface area contributed by atoms with Crippen molar-refractivity contribution in [2.45, 2.75) is 32.4 Å². The zero-order valence-electron chi connectivity index (χ0n) is 14.1. The number of hydrogen-bond donors (Lipinski definition) is 1. The maximum absolute atomic E-state index is 12.7. The molecule has 0 aromatic heterocycles. The first-order valence-electron chi connectivity index (χ1n) is 7.80. The highest BCUT2D eigenvalue weighted by molar-refractivity contribution is 5.93. The van der Waals surface area contributed by atoms with Gasteiger partial charge in [-0.15, -0.1) is 0 Å². The first-order chi connectivity index (χ1) is 11.4. The molecular formula is C17H22N2O5. The molecule has 2 amide bonds. The second kappa shape index (κ2) is 7.81. The topological polar surface area (TPSA) is 84.9 Å². The molecule has 1 N–H and O–H groups in total. The zero-order valence-corrected chi connectivity index (χ0v) is 14.1. The third-order valence-electron chi connectivity index (χ3n) is 3.88. The Labute approximate surface area is 140 Å². The second-order valence-electron chi connectivity index (χ2n) is 5.69. The molecule has 0 unspecified atom stereocenters. The van der Waals surface area contributed by atoms with Crippen LogP contribution in [0.25, 0.3) is 0 Å². The van der Waals surface area contributed by atoms with Gasteiger partial charge in [0, 0.05) is 13.1 Å². The van der Waals surface area contributed by atoms with Crippen molar-refractivity contribution >= 4 is 17.8 Å². The van der Waals surface area contributed by atoms with E-state index >= 15 is 0 Å². The lowest BCUT2D eigenvalue weighted by molar-refractivity contribution is -0.153. The number of piperazine rings is 1. The van der Waals surface area contributed by atoms with Crippen molar-refractivity contribution in [3.05, 3.63) is 29.8 Å². The molecular weight excluding hydrogens is 312 g/mol. The molecule has 24 heavy (non-hydrogen) atoms. The summed E-state index contributed by atoms with van der Waals surface area (Å²) >= 11 is 0. The minimum atomic E-state index is -0.872. The largest absolute Gasteiger partial charge is 0.481 e. The van der Waals surface area contributed by atoms with Crippen molar-refractivity contribution in [3.8, 4) is 5.75 Å². The number of aryl methyl sites for hydroxylation is 1. The SMILES string of the molecule is COC(=O)C[C@@H]1C(=O)NCCN1C(=O)[C@@H](C)Oc1ccc(C)cc1. The Morgan fingerprint density at radius 3 is 2.62 bits per heavy atom. The summed E-state index contributed by atoms with van der Waals surface area (Å²) in [5, 5.41) is 2.66. The number of rotatable bonds is 5. The fourth-order valence-electron chi connectivity index (χ4n) is 2.53. The molecule has 2 rings (SSSR count). The second-order valence-corrected chi connectivity index (χ2v) is 5.69. The summed E-state index contributed by atoms with van der Waals surface area (Å²) in [6.07, 6.45) is -0.940. The van der Waals surface area contributed by atoms with Crippen LogP contribution in [0.4, 0.5) is 0 Å². The van der Waals surface area contributed by atoms with Crippen LogP contribution in [-0.2, 0) is 19.1 Å². The molecule has 1 heterocycles. The van der Waals surface area contributed by atoms with E-state index in [1.54, 1.807) is 19.1 Å². The average Bonchev–Trinajstić information content (AvgIpc) is 2.57. The smallest absolute Gasteiger partial charge is 0.308 e. The highest BCUT2D eigenvalue weighted by atomic mass is 16.5. The van der Waals surface area contributed by atoms with Gasteiger partial charge in [-0.25, -0.2) is 0 Å². The van der Waals surface area contributed by atoms with Gasteiger partial charge in [0.25, 0.3) is 5.91 Å². The number of carbonyl (C=O) groups excluding carboxylic acids is 3. The fraction of sp³-hybridized carbons (Fsp3) is 0.471. The Balaban J connectivity index is 2.07. The summed E-state index contributed by atoms with van der Waals surface area (Å²) in [7, 11) is 1.25. The maximum atomic E-state index is 12.7. The monoisotopic (exact) mass is 334 g/mol. The lowest BCUT2D eigenvalue weighted by Crippen LogP contribution is -2.60. The van der Waals surface area contributed by atoms with Gasteiger partial charge in [-0.3, -0.25) is 14.4 Å². The minimum absolute atomic E-state index is 0.175. The van der Waals surface area contributed by atoms with E-state index in [9.17, 15) is 14.4 Å². The van der Waals surface area contributed by atoms with Crippen molar-refractivity contribution in [3.63, 3.8) is 0 Å².